The lowest BCUT2D eigenvalue weighted by atomic mass is 10.0. The number of aromatic nitrogens is 5. The largest absolute Gasteiger partial charge is 0.497 e. The van der Waals surface area contributed by atoms with Gasteiger partial charge in [-0.05, 0) is 48.9 Å². The third kappa shape index (κ3) is 5.02. The van der Waals surface area contributed by atoms with Crippen molar-refractivity contribution in [3.63, 3.8) is 0 Å². The number of benzene rings is 3. The Kier molecular flexibility index (Phi) is 7.52. The molecule has 0 atom stereocenters. The fourth-order valence-corrected chi connectivity index (χ4v) is 5.10. The molecule has 0 bridgehead atoms. The Balaban J connectivity index is 1.60. The lowest BCUT2D eigenvalue weighted by molar-refractivity contribution is 0.394. The Morgan fingerprint density at radius 1 is 0.614 bits per heavy atom. The number of hydrogen-bond acceptors (Lipinski definition) is 10. The summed E-state index contributed by atoms with van der Waals surface area (Å²) < 4.78 is 35.0. The quantitative estimate of drug-likeness (QED) is 0.197. The van der Waals surface area contributed by atoms with Crippen LogP contribution in [-0.4, -0.2) is 67.2 Å². The molecule has 11 heteroatoms. The van der Waals surface area contributed by atoms with Crippen LogP contribution in [0.3, 0.4) is 0 Å². The van der Waals surface area contributed by atoms with Crippen LogP contribution in [0.1, 0.15) is 17.0 Å². The van der Waals surface area contributed by atoms with Crippen LogP contribution in [0.4, 0.5) is 0 Å². The predicted molar refractivity (Wildman–Crippen MR) is 168 cm³/mol. The molecule has 44 heavy (non-hydrogen) atoms. The van der Waals surface area contributed by atoms with E-state index in [1.54, 1.807) is 47.2 Å². The monoisotopic (exact) mass is 593 g/mol. The number of methoxy groups -OCH3 is 6. The van der Waals surface area contributed by atoms with Crippen molar-refractivity contribution in [3.05, 3.63) is 65.5 Å². The molecule has 0 saturated heterocycles. The summed E-state index contributed by atoms with van der Waals surface area (Å²) in [7, 11) is 9.68. The second-order valence-corrected chi connectivity index (χ2v) is 9.87. The van der Waals surface area contributed by atoms with Crippen molar-refractivity contribution in [2.75, 3.05) is 42.7 Å². The van der Waals surface area contributed by atoms with Gasteiger partial charge in [-0.25, -0.2) is 15.0 Å². The summed E-state index contributed by atoms with van der Waals surface area (Å²) in [5.74, 6) is 4.22. The van der Waals surface area contributed by atoms with Crippen LogP contribution in [0.2, 0.25) is 0 Å². The number of ether oxygens (including phenoxy) is 6. The molecule has 0 aliphatic carbocycles. The van der Waals surface area contributed by atoms with Crippen molar-refractivity contribution in [2.45, 2.75) is 6.92 Å². The topological polar surface area (TPSA) is 111 Å². The van der Waals surface area contributed by atoms with Gasteiger partial charge in [-0.3, -0.25) is 0 Å². The molecule has 3 aromatic heterocycles. The van der Waals surface area contributed by atoms with Gasteiger partial charge in [0.25, 0.3) is 5.78 Å². The van der Waals surface area contributed by atoms with Gasteiger partial charge in [0.2, 0.25) is 0 Å². The van der Waals surface area contributed by atoms with E-state index in [2.05, 4.69) is 0 Å². The molecule has 0 fully saturated rings. The fourth-order valence-electron chi connectivity index (χ4n) is 5.10. The van der Waals surface area contributed by atoms with E-state index in [0.717, 1.165) is 21.9 Å². The van der Waals surface area contributed by atoms with Gasteiger partial charge in [0.15, 0.2) is 5.65 Å². The molecule has 0 N–H and O–H groups in total. The zero-order valence-corrected chi connectivity index (χ0v) is 25.5. The number of imidazole rings is 1. The summed E-state index contributed by atoms with van der Waals surface area (Å²) in [6.07, 6.45) is 3.82. The SMILES string of the molecule is COc1cc(/C=C/c2nc3nc4c5cc(OC)cc(OC)c5c(-c5cc(OC)cc(OC)c5)nc4n3nc2C)cc(OC)c1. The highest BCUT2D eigenvalue weighted by molar-refractivity contribution is 6.12. The molecule has 0 spiro atoms. The van der Waals surface area contributed by atoms with Crippen molar-refractivity contribution in [3.8, 4) is 45.8 Å². The van der Waals surface area contributed by atoms with E-state index in [4.69, 9.17) is 48.5 Å². The summed E-state index contributed by atoms with van der Waals surface area (Å²) in [5, 5.41) is 6.38. The summed E-state index contributed by atoms with van der Waals surface area (Å²) >= 11 is 0. The van der Waals surface area contributed by atoms with E-state index in [0.29, 0.717) is 68.5 Å². The van der Waals surface area contributed by atoms with Crippen LogP contribution in [0.25, 0.3) is 51.1 Å². The first-order valence-electron chi connectivity index (χ1n) is 13.7. The summed E-state index contributed by atoms with van der Waals surface area (Å²) in [6.45, 7) is 1.89. The smallest absolute Gasteiger partial charge is 0.253 e. The average molecular weight is 594 g/mol. The molecule has 6 aromatic rings. The third-order valence-electron chi connectivity index (χ3n) is 7.33. The minimum Gasteiger partial charge on any atom is -0.497 e. The minimum absolute atomic E-state index is 0.393. The molecule has 0 radical (unpaired) electrons. The Hall–Kier alpha value is -5.58. The highest BCUT2D eigenvalue weighted by atomic mass is 16.5. The van der Waals surface area contributed by atoms with E-state index >= 15 is 0 Å². The predicted octanol–water partition coefficient (Wildman–Crippen LogP) is 6.02. The Labute approximate surface area is 253 Å². The molecule has 3 aromatic carbocycles. The van der Waals surface area contributed by atoms with Gasteiger partial charge < -0.3 is 28.4 Å². The van der Waals surface area contributed by atoms with Crippen LogP contribution >= 0.6 is 0 Å². The number of nitrogens with zero attached hydrogens (tertiary/aromatic N) is 5. The molecule has 11 nitrogen and oxygen atoms in total. The third-order valence-corrected chi connectivity index (χ3v) is 7.33. The van der Waals surface area contributed by atoms with Crippen LogP contribution in [0.5, 0.6) is 34.5 Å². The Morgan fingerprint density at radius 2 is 1.20 bits per heavy atom. The molecule has 3 heterocycles. The first kappa shape index (κ1) is 28.5. The maximum atomic E-state index is 5.84. The van der Waals surface area contributed by atoms with E-state index in [1.165, 1.54) is 0 Å². The lowest BCUT2D eigenvalue weighted by Crippen LogP contribution is -2.02. The van der Waals surface area contributed by atoms with Crippen molar-refractivity contribution in [1.82, 2.24) is 24.6 Å². The average Bonchev–Trinajstić information content (AvgIpc) is 3.42. The lowest BCUT2D eigenvalue weighted by Gasteiger charge is -2.14. The van der Waals surface area contributed by atoms with Gasteiger partial charge in [-0.1, -0.05) is 6.08 Å². The summed E-state index contributed by atoms with van der Waals surface area (Å²) in [4.78, 5) is 14.9. The number of hydrogen-bond donors (Lipinski definition) is 0. The zero-order valence-electron chi connectivity index (χ0n) is 25.5. The van der Waals surface area contributed by atoms with Gasteiger partial charge in [0, 0.05) is 29.1 Å². The van der Waals surface area contributed by atoms with Gasteiger partial charge in [-0.2, -0.15) is 9.61 Å². The maximum absolute atomic E-state index is 5.84. The molecular formula is C33H31N5O6. The highest BCUT2D eigenvalue weighted by Crippen LogP contribution is 2.42. The van der Waals surface area contributed by atoms with Crippen molar-refractivity contribution in [2.24, 2.45) is 0 Å². The Morgan fingerprint density at radius 3 is 1.80 bits per heavy atom. The second kappa shape index (κ2) is 11.6. The van der Waals surface area contributed by atoms with E-state index in [1.807, 2.05) is 67.6 Å². The normalized spacial score (nSPS) is 11.4. The highest BCUT2D eigenvalue weighted by Gasteiger charge is 2.22. The fraction of sp³-hybridized carbons (Fsp3) is 0.212. The van der Waals surface area contributed by atoms with E-state index < -0.39 is 0 Å². The minimum atomic E-state index is 0.393. The van der Waals surface area contributed by atoms with Gasteiger partial charge in [0.05, 0.1) is 65.1 Å². The molecule has 0 saturated carbocycles. The molecule has 0 amide bonds. The van der Waals surface area contributed by atoms with E-state index in [9.17, 15) is 0 Å². The zero-order chi connectivity index (χ0) is 31.0. The van der Waals surface area contributed by atoms with Crippen molar-refractivity contribution >= 4 is 39.9 Å². The number of fused-ring (bicyclic) bond motifs is 5. The molecule has 0 aliphatic heterocycles. The van der Waals surface area contributed by atoms with Gasteiger partial charge >= 0.3 is 0 Å². The first-order chi connectivity index (χ1) is 21.4. The molecule has 0 aliphatic rings. The van der Waals surface area contributed by atoms with Crippen molar-refractivity contribution in [1.29, 1.82) is 0 Å². The molecule has 224 valence electrons. The number of aryl methyl sites for hydroxylation is 1. The summed E-state index contributed by atoms with van der Waals surface area (Å²) in [6, 6.07) is 15.0. The standard InChI is InChI=1S/C33H31N5O6/c1-18-27(9-8-19-10-21(39-2)14-22(11-19)40-3)34-33-36-31-26-16-25(43-6)17-28(44-7)29(26)30(35-32(31)38(33)37-18)20-12-23(41-4)15-24(13-20)42-5/h8-17H,1-7H3/b9-8+. The van der Waals surface area contributed by atoms with Crippen molar-refractivity contribution < 1.29 is 28.4 Å². The maximum Gasteiger partial charge on any atom is 0.253 e. The number of rotatable bonds is 9. The second-order valence-electron chi connectivity index (χ2n) is 9.87. The Bertz CT molecular complexity index is 2030. The summed E-state index contributed by atoms with van der Waals surface area (Å²) in [5.41, 5.74) is 4.79. The molecular weight excluding hydrogens is 562 g/mol. The van der Waals surface area contributed by atoms with Gasteiger partial charge in [-0.15, -0.1) is 0 Å². The first-order valence-corrected chi connectivity index (χ1v) is 13.7. The number of pyridine rings is 1. The van der Waals surface area contributed by atoms with Crippen LogP contribution < -0.4 is 28.4 Å². The van der Waals surface area contributed by atoms with E-state index in [-0.39, 0.29) is 0 Å². The van der Waals surface area contributed by atoms with Crippen LogP contribution in [0.15, 0.2) is 48.5 Å². The van der Waals surface area contributed by atoms with Crippen LogP contribution in [0, 0.1) is 6.92 Å². The van der Waals surface area contributed by atoms with Gasteiger partial charge in [0.1, 0.15) is 40.0 Å². The van der Waals surface area contributed by atoms with Crippen LogP contribution in [-0.2, 0) is 0 Å². The molecule has 0 unspecified atom stereocenters. The molecule has 6 rings (SSSR count).